The lowest BCUT2D eigenvalue weighted by atomic mass is 10.2. The van der Waals surface area contributed by atoms with Gasteiger partial charge < -0.3 is 20.0 Å². The number of hydrogen-bond donors (Lipinski definition) is 2. The van der Waals surface area contributed by atoms with Crippen molar-refractivity contribution in [2.45, 2.75) is 39.3 Å². The number of benzene rings is 1. The van der Waals surface area contributed by atoms with Crippen molar-refractivity contribution in [1.82, 2.24) is 15.2 Å². The van der Waals surface area contributed by atoms with Gasteiger partial charge in [-0.05, 0) is 37.6 Å². The van der Waals surface area contributed by atoms with E-state index in [2.05, 4.69) is 15.6 Å². The predicted molar refractivity (Wildman–Crippen MR) is 118 cm³/mol. The Morgan fingerprint density at radius 1 is 1.20 bits per heavy atom. The van der Waals surface area contributed by atoms with Crippen LogP contribution in [0.2, 0.25) is 0 Å². The molecule has 0 aliphatic rings. The molecule has 2 heterocycles. The van der Waals surface area contributed by atoms with Crippen molar-refractivity contribution >= 4 is 34.0 Å². The number of aromatic nitrogens is 1. The topological polar surface area (TPSA) is 87.5 Å². The van der Waals surface area contributed by atoms with Gasteiger partial charge in [0.05, 0.1) is 12.8 Å². The van der Waals surface area contributed by atoms with Gasteiger partial charge in [-0.25, -0.2) is 4.98 Å². The first kappa shape index (κ1) is 21.6. The highest BCUT2D eigenvalue weighted by atomic mass is 32.1. The molecule has 1 atom stereocenters. The first-order chi connectivity index (χ1) is 14.5. The zero-order valence-corrected chi connectivity index (χ0v) is 17.9. The van der Waals surface area contributed by atoms with Crippen molar-refractivity contribution < 1.29 is 14.0 Å². The molecule has 0 fully saturated rings. The van der Waals surface area contributed by atoms with Crippen LogP contribution in [0.4, 0.5) is 10.8 Å². The third-order valence-corrected chi connectivity index (χ3v) is 5.35. The summed E-state index contributed by atoms with van der Waals surface area (Å²) in [5, 5.41) is 8.49. The number of para-hydroxylation sites is 1. The zero-order chi connectivity index (χ0) is 21.3. The molecular weight excluding hydrogens is 400 g/mol. The Balaban J connectivity index is 1.67. The minimum atomic E-state index is -0.236. The molecule has 30 heavy (non-hydrogen) atoms. The molecule has 0 unspecified atom stereocenters. The van der Waals surface area contributed by atoms with Crippen molar-refractivity contribution in [3.05, 3.63) is 65.6 Å². The highest BCUT2D eigenvalue weighted by Gasteiger charge is 2.21. The van der Waals surface area contributed by atoms with Crippen molar-refractivity contribution in [2.24, 2.45) is 0 Å². The smallest absolute Gasteiger partial charge is 0.273 e. The van der Waals surface area contributed by atoms with Crippen LogP contribution in [0, 0.1) is 0 Å². The summed E-state index contributed by atoms with van der Waals surface area (Å²) < 4.78 is 5.40. The molecule has 0 radical (unpaired) electrons. The summed E-state index contributed by atoms with van der Waals surface area (Å²) in [6.07, 6.45) is 2.64. The van der Waals surface area contributed by atoms with Crippen molar-refractivity contribution in [1.29, 1.82) is 0 Å². The largest absolute Gasteiger partial charge is 0.467 e. The number of anilines is 2. The number of nitrogens with one attached hydrogen (secondary N) is 2. The summed E-state index contributed by atoms with van der Waals surface area (Å²) in [5.74, 6) is 0.343. The molecule has 2 amide bonds. The quantitative estimate of drug-likeness (QED) is 0.501. The van der Waals surface area contributed by atoms with Crippen LogP contribution in [0.25, 0.3) is 0 Å². The van der Waals surface area contributed by atoms with Gasteiger partial charge in [0.2, 0.25) is 5.91 Å². The molecule has 0 saturated carbocycles. The fourth-order valence-corrected chi connectivity index (χ4v) is 3.47. The predicted octanol–water partition coefficient (Wildman–Crippen LogP) is 4.43. The van der Waals surface area contributed by atoms with E-state index in [-0.39, 0.29) is 37.4 Å². The molecule has 2 aromatic heterocycles. The molecule has 2 N–H and O–H groups in total. The summed E-state index contributed by atoms with van der Waals surface area (Å²) in [7, 11) is 0. The molecule has 1 aromatic carbocycles. The van der Waals surface area contributed by atoms with Gasteiger partial charge in [-0.2, -0.15) is 0 Å². The molecule has 7 nitrogen and oxygen atoms in total. The van der Waals surface area contributed by atoms with Crippen LogP contribution in [-0.2, 0) is 11.3 Å². The van der Waals surface area contributed by atoms with Gasteiger partial charge in [-0.3, -0.25) is 9.59 Å². The van der Waals surface area contributed by atoms with Gasteiger partial charge in [0.25, 0.3) is 5.91 Å². The standard InChI is InChI=1S/C22H26N4O3S/c1-3-16(2)23-20(27)11-12-26(14-18-10-7-13-29-18)21(28)19-15-30-22(25-19)24-17-8-5-4-6-9-17/h4-10,13,15-16H,3,11-12,14H2,1-2H3,(H,23,27)(H,24,25)/t16-/m0/s1. The van der Waals surface area contributed by atoms with Crippen molar-refractivity contribution in [2.75, 3.05) is 11.9 Å². The number of thiazole rings is 1. The number of hydrogen-bond acceptors (Lipinski definition) is 6. The molecule has 0 bridgehead atoms. The molecule has 0 aliphatic heterocycles. The average Bonchev–Trinajstić information content (AvgIpc) is 3.43. The van der Waals surface area contributed by atoms with E-state index in [0.717, 1.165) is 12.1 Å². The lowest BCUT2D eigenvalue weighted by molar-refractivity contribution is -0.121. The van der Waals surface area contributed by atoms with E-state index in [9.17, 15) is 9.59 Å². The maximum Gasteiger partial charge on any atom is 0.273 e. The summed E-state index contributed by atoms with van der Waals surface area (Å²) in [5.41, 5.74) is 1.24. The lowest BCUT2D eigenvalue weighted by Gasteiger charge is -2.21. The number of carbonyl (C=O) groups excluding carboxylic acids is 2. The Bertz CT molecular complexity index is 940. The summed E-state index contributed by atoms with van der Waals surface area (Å²) in [4.78, 5) is 31.3. The van der Waals surface area contributed by atoms with Gasteiger partial charge in [-0.15, -0.1) is 11.3 Å². The molecule has 3 aromatic rings. The Morgan fingerprint density at radius 3 is 2.70 bits per heavy atom. The fraction of sp³-hybridized carbons (Fsp3) is 0.318. The maximum atomic E-state index is 13.1. The SMILES string of the molecule is CC[C@H](C)NC(=O)CCN(Cc1ccco1)C(=O)c1csc(Nc2ccccc2)n1. The molecular formula is C22H26N4O3S. The molecule has 0 spiro atoms. The van der Waals surface area contributed by atoms with E-state index in [1.54, 1.807) is 22.6 Å². The van der Waals surface area contributed by atoms with Crippen LogP contribution in [0.5, 0.6) is 0 Å². The van der Waals surface area contributed by atoms with E-state index in [0.29, 0.717) is 16.6 Å². The second kappa shape index (κ2) is 10.6. The normalized spacial score (nSPS) is 11.7. The van der Waals surface area contributed by atoms with E-state index < -0.39 is 0 Å². The highest BCUT2D eigenvalue weighted by Crippen LogP contribution is 2.22. The summed E-state index contributed by atoms with van der Waals surface area (Å²) in [6, 6.07) is 13.4. The van der Waals surface area contributed by atoms with Crippen molar-refractivity contribution in [3.63, 3.8) is 0 Å². The Labute approximate surface area is 180 Å². The minimum absolute atomic E-state index is 0.0775. The Hall–Kier alpha value is -3.13. The van der Waals surface area contributed by atoms with E-state index >= 15 is 0 Å². The summed E-state index contributed by atoms with van der Waals surface area (Å²) >= 11 is 1.36. The lowest BCUT2D eigenvalue weighted by Crippen LogP contribution is -2.37. The number of rotatable bonds is 10. The highest BCUT2D eigenvalue weighted by molar-refractivity contribution is 7.14. The average molecular weight is 427 g/mol. The second-order valence-electron chi connectivity index (χ2n) is 6.96. The van der Waals surface area contributed by atoms with Crippen LogP contribution < -0.4 is 10.6 Å². The van der Waals surface area contributed by atoms with Crippen LogP contribution >= 0.6 is 11.3 Å². The number of nitrogens with zero attached hydrogens (tertiary/aromatic N) is 2. The van der Waals surface area contributed by atoms with Gasteiger partial charge in [-0.1, -0.05) is 25.1 Å². The molecule has 3 rings (SSSR count). The molecule has 0 saturated heterocycles. The van der Waals surface area contributed by atoms with Gasteiger partial charge >= 0.3 is 0 Å². The number of amides is 2. The molecule has 0 aliphatic carbocycles. The maximum absolute atomic E-state index is 13.1. The van der Waals surface area contributed by atoms with Crippen LogP contribution in [-0.4, -0.2) is 34.3 Å². The van der Waals surface area contributed by atoms with E-state index in [1.807, 2.05) is 50.2 Å². The zero-order valence-electron chi connectivity index (χ0n) is 17.1. The molecule has 158 valence electrons. The van der Waals surface area contributed by atoms with Crippen LogP contribution in [0.3, 0.4) is 0 Å². The molecule has 8 heteroatoms. The third kappa shape index (κ3) is 6.18. The van der Waals surface area contributed by atoms with Crippen LogP contribution in [0.15, 0.2) is 58.5 Å². The Morgan fingerprint density at radius 2 is 2.00 bits per heavy atom. The van der Waals surface area contributed by atoms with E-state index in [4.69, 9.17) is 4.42 Å². The third-order valence-electron chi connectivity index (χ3n) is 4.59. The number of carbonyl (C=O) groups is 2. The van der Waals surface area contributed by atoms with Crippen LogP contribution in [0.1, 0.15) is 42.9 Å². The van der Waals surface area contributed by atoms with Gasteiger partial charge in [0.1, 0.15) is 11.5 Å². The van der Waals surface area contributed by atoms with E-state index in [1.165, 1.54) is 11.3 Å². The first-order valence-electron chi connectivity index (χ1n) is 9.93. The Kier molecular flexibility index (Phi) is 7.62. The minimum Gasteiger partial charge on any atom is -0.467 e. The fourth-order valence-electron chi connectivity index (χ4n) is 2.76. The monoisotopic (exact) mass is 426 g/mol. The first-order valence-corrected chi connectivity index (χ1v) is 10.8. The van der Waals surface area contributed by atoms with Crippen molar-refractivity contribution in [3.8, 4) is 0 Å². The number of furan rings is 1. The van der Waals surface area contributed by atoms with Gasteiger partial charge in [0.15, 0.2) is 5.13 Å². The summed E-state index contributed by atoms with van der Waals surface area (Å²) in [6.45, 7) is 4.53. The second-order valence-corrected chi connectivity index (χ2v) is 7.82. The van der Waals surface area contributed by atoms with Gasteiger partial charge in [0, 0.05) is 30.1 Å².